The van der Waals surface area contributed by atoms with Crippen molar-refractivity contribution < 1.29 is 9.84 Å². The highest BCUT2D eigenvalue weighted by atomic mass is 35.5. The van der Waals surface area contributed by atoms with E-state index in [0.29, 0.717) is 11.7 Å². The average molecular weight is 460 g/mol. The van der Waals surface area contributed by atoms with E-state index < -0.39 is 0 Å². The number of rotatable bonds is 5. The van der Waals surface area contributed by atoms with Gasteiger partial charge in [-0.3, -0.25) is 0 Å². The Labute approximate surface area is 195 Å². The molecule has 2 N–H and O–H groups in total. The van der Waals surface area contributed by atoms with Gasteiger partial charge >= 0.3 is 0 Å². The Hall–Kier alpha value is -0.520. The van der Waals surface area contributed by atoms with E-state index in [-0.39, 0.29) is 37.0 Å². The van der Waals surface area contributed by atoms with Crippen LogP contribution in [0.15, 0.2) is 12.1 Å². The van der Waals surface area contributed by atoms with Crippen LogP contribution in [0.25, 0.3) is 0 Å². The Kier molecular flexibility index (Phi) is 10.2. The topological polar surface area (TPSA) is 44.7 Å². The molecule has 0 bridgehead atoms. The molecule has 1 aromatic carbocycles. The molecule has 2 atom stereocenters. The van der Waals surface area contributed by atoms with E-state index in [0.717, 1.165) is 30.0 Å². The molecule has 1 aliphatic carbocycles. The lowest BCUT2D eigenvalue weighted by Gasteiger charge is -2.41. The molecule has 2 aliphatic heterocycles. The first-order valence-corrected chi connectivity index (χ1v) is 11.5. The standard InChI is InChI=1S/C24H38N2O2.2ClH/c1-17-8-9-20-21(24(17)27)14-22(28-23(20)15-25-2)19-10-12-26(13-11-19)16-18-6-4-3-5-7-18;;/h8-9,18-19,22-23,25,27H,3-7,10-16H2,1-2H3;2*1H/t22-,23-;;/m0../s1. The smallest absolute Gasteiger partial charge is 0.122 e. The summed E-state index contributed by atoms with van der Waals surface area (Å²) in [4.78, 5) is 2.70. The average Bonchev–Trinajstić information content (AvgIpc) is 2.72. The Morgan fingerprint density at radius 3 is 2.43 bits per heavy atom. The molecule has 1 saturated heterocycles. The minimum Gasteiger partial charge on any atom is -0.507 e. The fraction of sp³-hybridized carbons (Fsp3) is 0.750. The van der Waals surface area contributed by atoms with Crippen LogP contribution in [-0.2, 0) is 11.2 Å². The zero-order valence-electron chi connectivity index (χ0n) is 18.6. The Morgan fingerprint density at radius 2 is 1.77 bits per heavy atom. The number of fused-ring (bicyclic) bond motifs is 1. The van der Waals surface area contributed by atoms with Crippen molar-refractivity contribution in [2.75, 3.05) is 33.2 Å². The highest BCUT2D eigenvalue weighted by Gasteiger charge is 2.35. The monoisotopic (exact) mass is 458 g/mol. The van der Waals surface area contributed by atoms with E-state index in [1.165, 1.54) is 70.1 Å². The van der Waals surface area contributed by atoms with Gasteiger partial charge in [-0.1, -0.05) is 31.4 Å². The van der Waals surface area contributed by atoms with Gasteiger partial charge in [0.15, 0.2) is 0 Å². The van der Waals surface area contributed by atoms with Crippen LogP contribution in [0.1, 0.15) is 67.7 Å². The lowest BCUT2D eigenvalue weighted by Crippen LogP contribution is -2.43. The summed E-state index contributed by atoms with van der Waals surface area (Å²) in [7, 11) is 1.98. The lowest BCUT2D eigenvalue weighted by molar-refractivity contribution is -0.0677. The summed E-state index contributed by atoms with van der Waals surface area (Å²) in [5.41, 5.74) is 3.27. The SMILES string of the molecule is CNC[C@@H]1O[C@H](C2CCN(CC3CCCCC3)CC2)Cc2c1ccc(C)c2O.Cl.Cl. The molecule has 1 saturated carbocycles. The van der Waals surface area contributed by atoms with Gasteiger partial charge in [0.1, 0.15) is 5.75 Å². The fourth-order valence-electron chi connectivity index (χ4n) is 5.68. The number of ether oxygens (including phenoxy) is 1. The minimum atomic E-state index is 0. The number of hydrogen-bond acceptors (Lipinski definition) is 4. The number of hydrogen-bond donors (Lipinski definition) is 2. The van der Waals surface area contributed by atoms with Crippen LogP contribution in [0.2, 0.25) is 0 Å². The van der Waals surface area contributed by atoms with Crippen LogP contribution in [0.3, 0.4) is 0 Å². The van der Waals surface area contributed by atoms with E-state index in [1.54, 1.807) is 0 Å². The first-order valence-electron chi connectivity index (χ1n) is 11.5. The molecular formula is C24H40Cl2N2O2. The van der Waals surface area contributed by atoms with Gasteiger partial charge in [-0.25, -0.2) is 0 Å². The maximum atomic E-state index is 10.7. The second kappa shape index (κ2) is 11.9. The van der Waals surface area contributed by atoms with Gasteiger partial charge in [-0.2, -0.15) is 0 Å². The number of halogens is 2. The Morgan fingerprint density at radius 1 is 1.07 bits per heavy atom. The second-order valence-corrected chi connectivity index (χ2v) is 9.37. The van der Waals surface area contributed by atoms with Crippen molar-refractivity contribution in [2.24, 2.45) is 11.8 Å². The molecule has 0 radical (unpaired) electrons. The molecule has 0 spiro atoms. The highest BCUT2D eigenvalue weighted by molar-refractivity contribution is 5.85. The number of piperidine rings is 1. The maximum Gasteiger partial charge on any atom is 0.122 e. The van der Waals surface area contributed by atoms with Crippen LogP contribution < -0.4 is 5.32 Å². The first-order chi connectivity index (χ1) is 13.7. The summed E-state index contributed by atoms with van der Waals surface area (Å²) in [5, 5.41) is 14.0. The van der Waals surface area contributed by atoms with Gasteiger partial charge in [0.05, 0.1) is 12.2 Å². The summed E-state index contributed by atoms with van der Waals surface area (Å²) in [6.45, 7) is 6.53. The van der Waals surface area contributed by atoms with Crippen LogP contribution >= 0.6 is 24.8 Å². The van der Waals surface area contributed by atoms with Crippen LogP contribution in [0, 0.1) is 18.8 Å². The molecule has 2 heterocycles. The molecule has 4 nitrogen and oxygen atoms in total. The lowest BCUT2D eigenvalue weighted by atomic mass is 9.82. The summed E-state index contributed by atoms with van der Waals surface area (Å²) in [6, 6.07) is 4.17. The molecule has 1 aromatic rings. The van der Waals surface area contributed by atoms with E-state index >= 15 is 0 Å². The summed E-state index contributed by atoms with van der Waals surface area (Å²) in [5.74, 6) is 2.03. The summed E-state index contributed by atoms with van der Waals surface area (Å²) < 4.78 is 6.58. The predicted octanol–water partition coefficient (Wildman–Crippen LogP) is 5.04. The molecule has 0 unspecified atom stereocenters. The molecule has 4 rings (SSSR count). The third-order valence-corrected chi connectivity index (χ3v) is 7.40. The fourth-order valence-corrected chi connectivity index (χ4v) is 5.68. The van der Waals surface area contributed by atoms with Crippen LogP contribution in [0.4, 0.5) is 0 Å². The van der Waals surface area contributed by atoms with Crippen LogP contribution in [0.5, 0.6) is 5.75 Å². The van der Waals surface area contributed by atoms with Gasteiger partial charge < -0.3 is 20.1 Å². The molecule has 6 heteroatoms. The number of aromatic hydroxyl groups is 1. The van der Waals surface area contributed by atoms with Crippen molar-refractivity contribution in [1.29, 1.82) is 0 Å². The zero-order chi connectivity index (χ0) is 19.5. The number of nitrogens with zero attached hydrogens (tertiary/aromatic N) is 1. The highest BCUT2D eigenvalue weighted by Crippen LogP contribution is 2.40. The van der Waals surface area contributed by atoms with E-state index in [9.17, 15) is 5.11 Å². The van der Waals surface area contributed by atoms with Crippen molar-refractivity contribution in [3.63, 3.8) is 0 Å². The first kappa shape index (κ1) is 25.7. The van der Waals surface area contributed by atoms with Crippen molar-refractivity contribution in [1.82, 2.24) is 10.2 Å². The van der Waals surface area contributed by atoms with E-state index in [1.807, 2.05) is 20.0 Å². The molecular weight excluding hydrogens is 419 g/mol. The third kappa shape index (κ3) is 5.83. The van der Waals surface area contributed by atoms with Gasteiger partial charge in [0.25, 0.3) is 0 Å². The van der Waals surface area contributed by atoms with Gasteiger partial charge in [0.2, 0.25) is 0 Å². The normalized spacial score (nSPS) is 25.8. The number of nitrogens with one attached hydrogen (secondary N) is 1. The van der Waals surface area contributed by atoms with Crippen molar-refractivity contribution in [3.05, 3.63) is 28.8 Å². The molecule has 172 valence electrons. The number of benzene rings is 1. The third-order valence-electron chi connectivity index (χ3n) is 7.40. The summed E-state index contributed by atoms with van der Waals surface area (Å²) in [6.07, 6.45) is 10.8. The zero-order valence-corrected chi connectivity index (χ0v) is 20.2. The molecule has 2 fully saturated rings. The van der Waals surface area contributed by atoms with Gasteiger partial charge in [-0.05, 0) is 75.7 Å². The van der Waals surface area contributed by atoms with E-state index in [4.69, 9.17) is 4.74 Å². The van der Waals surface area contributed by atoms with Gasteiger partial charge in [0, 0.05) is 25.1 Å². The molecule has 3 aliphatic rings. The summed E-state index contributed by atoms with van der Waals surface area (Å²) >= 11 is 0. The number of likely N-dealkylation sites (N-methyl/N-ethyl adjacent to an activating group) is 1. The molecule has 0 amide bonds. The van der Waals surface area contributed by atoms with Crippen LogP contribution in [-0.4, -0.2) is 49.3 Å². The van der Waals surface area contributed by atoms with Crippen molar-refractivity contribution >= 4 is 24.8 Å². The number of aryl methyl sites for hydroxylation is 1. The minimum absolute atomic E-state index is 0. The maximum absolute atomic E-state index is 10.7. The van der Waals surface area contributed by atoms with Crippen molar-refractivity contribution in [3.8, 4) is 5.75 Å². The Balaban J connectivity index is 0.00000160. The number of phenols is 1. The Bertz CT molecular complexity index is 659. The quantitative estimate of drug-likeness (QED) is 0.648. The van der Waals surface area contributed by atoms with E-state index in [2.05, 4.69) is 16.3 Å². The number of likely N-dealkylation sites (tertiary alicyclic amines) is 1. The molecule has 0 aromatic heterocycles. The number of phenolic OH excluding ortho intramolecular Hbond substituents is 1. The largest absolute Gasteiger partial charge is 0.507 e. The second-order valence-electron chi connectivity index (χ2n) is 9.37. The molecule has 30 heavy (non-hydrogen) atoms. The predicted molar refractivity (Wildman–Crippen MR) is 128 cm³/mol. The van der Waals surface area contributed by atoms with Crippen molar-refractivity contribution in [2.45, 2.75) is 70.5 Å². The van der Waals surface area contributed by atoms with Gasteiger partial charge in [-0.15, -0.1) is 24.8 Å².